The average Bonchev–Trinajstić information content (AvgIpc) is 2.16. The van der Waals surface area contributed by atoms with Gasteiger partial charge in [0.1, 0.15) is 4.66 Å². The van der Waals surface area contributed by atoms with E-state index in [9.17, 15) is 8.42 Å². The molecular formula is C9H18BrNO3S. The second-order valence-electron chi connectivity index (χ2n) is 4.40. The highest BCUT2D eigenvalue weighted by Gasteiger charge is 2.50. The van der Waals surface area contributed by atoms with E-state index >= 15 is 0 Å². The molecule has 0 bridgehead atoms. The highest BCUT2D eigenvalue weighted by molar-refractivity contribution is 9.10. The van der Waals surface area contributed by atoms with Crippen LogP contribution in [0.1, 0.15) is 27.2 Å². The molecule has 15 heavy (non-hydrogen) atoms. The van der Waals surface area contributed by atoms with Crippen LogP contribution in [0.15, 0.2) is 0 Å². The third kappa shape index (κ3) is 2.93. The predicted octanol–water partition coefficient (Wildman–Crippen LogP) is 1.46. The first-order chi connectivity index (χ1) is 6.83. The van der Waals surface area contributed by atoms with Crippen molar-refractivity contribution in [3.63, 3.8) is 0 Å². The molecule has 0 aromatic carbocycles. The van der Waals surface area contributed by atoms with Crippen LogP contribution in [0.5, 0.6) is 0 Å². The minimum absolute atomic E-state index is 0.0170. The number of ether oxygens (including phenoxy) is 1. The van der Waals surface area contributed by atoms with Gasteiger partial charge in [0, 0.05) is 18.1 Å². The second kappa shape index (κ2) is 4.69. The van der Waals surface area contributed by atoms with Crippen molar-refractivity contribution in [3.05, 3.63) is 0 Å². The molecule has 0 radical (unpaired) electrons. The molecule has 1 aliphatic rings. The molecule has 1 rings (SSSR count). The summed E-state index contributed by atoms with van der Waals surface area (Å²) in [7, 11) is -3.18. The van der Waals surface area contributed by atoms with Crippen molar-refractivity contribution in [3.8, 4) is 0 Å². The molecule has 0 aromatic rings. The molecule has 4 nitrogen and oxygen atoms in total. The third-order valence-electron chi connectivity index (χ3n) is 3.01. The van der Waals surface area contributed by atoms with E-state index in [0.29, 0.717) is 6.61 Å². The van der Waals surface area contributed by atoms with Gasteiger partial charge in [-0.1, -0.05) is 29.8 Å². The van der Waals surface area contributed by atoms with Gasteiger partial charge in [0.25, 0.3) is 0 Å². The topological polar surface area (TPSA) is 55.4 Å². The van der Waals surface area contributed by atoms with Gasteiger partial charge in [-0.15, -0.1) is 0 Å². The third-order valence-corrected chi connectivity index (χ3v) is 5.75. The van der Waals surface area contributed by atoms with Crippen LogP contribution in [0, 0.1) is 5.41 Å². The van der Waals surface area contributed by atoms with Crippen molar-refractivity contribution >= 4 is 26.0 Å². The molecule has 2 atom stereocenters. The van der Waals surface area contributed by atoms with Crippen molar-refractivity contribution in [2.24, 2.45) is 5.41 Å². The molecule has 0 aliphatic heterocycles. The molecule has 1 saturated carbocycles. The molecule has 1 aliphatic carbocycles. The summed E-state index contributed by atoms with van der Waals surface area (Å²) in [4.78, 5) is 0. The van der Waals surface area contributed by atoms with Crippen molar-refractivity contribution in [1.82, 2.24) is 4.72 Å². The first-order valence-electron chi connectivity index (χ1n) is 5.01. The number of sulfonamides is 1. The Morgan fingerprint density at radius 3 is 2.53 bits per heavy atom. The van der Waals surface area contributed by atoms with Crippen molar-refractivity contribution in [2.75, 3.05) is 11.3 Å². The lowest BCUT2D eigenvalue weighted by Gasteiger charge is -2.51. The Labute approximate surface area is 99.9 Å². The molecule has 1 N–H and O–H groups in total. The predicted molar refractivity (Wildman–Crippen MR) is 63.4 cm³/mol. The first kappa shape index (κ1) is 13.4. The van der Waals surface area contributed by atoms with Gasteiger partial charge in [0.05, 0.1) is 6.10 Å². The zero-order valence-electron chi connectivity index (χ0n) is 9.29. The van der Waals surface area contributed by atoms with Crippen LogP contribution in [-0.4, -0.2) is 31.8 Å². The van der Waals surface area contributed by atoms with Crippen molar-refractivity contribution < 1.29 is 13.2 Å². The highest BCUT2D eigenvalue weighted by Crippen LogP contribution is 2.43. The molecule has 0 saturated heterocycles. The number of hydrogen-bond donors (Lipinski definition) is 1. The fraction of sp³-hybridized carbons (Fsp3) is 1.00. The van der Waals surface area contributed by atoms with Crippen LogP contribution < -0.4 is 4.72 Å². The van der Waals surface area contributed by atoms with Crippen LogP contribution in [0.3, 0.4) is 0 Å². The number of nitrogens with one attached hydrogen (secondary N) is 1. The number of rotatable bonds is 5. The molecule has 0 spiro atoms. The number of hydrogen-bond acceptors (Lipinski definition) is 3. The summed E-state index contributed by atoms with van der Waals surface area (Å²) < 4.78 is 30.9. The Bertz CT molecular complexity index is 315. The van der Waals surface area contributed by atoms with E-state index in [1.54, 1.807) is 0 Å². The quantitative estimate of drug-likeness (QED) is 0.782. The minimum Gasteiger partial charge on any atom is -0.378 e. The Morgan fingerprint density at radius 2 is 2.13 bits per heavy atom. The maximum absolute atomic E-state index is 11.4. The lowest BCUT2D eigenvalue weighted by atomic mass is 9.65. The van der Waals surface area contributed by atoms with Crippen LogP contribution in [-0.2, 0) is 14.8 Å². The summed E-state index contributed by atoms with van der Waals surface area (Å²) in [6.07, 6.45) is 0.915. The van der Waals surface area contributed by atoms with E-state index in [4.69, 9.17) is 4.74 Å². The van der Waals surface area contributed by atoms with E-state index in [2.05, 4.69) is 20.7 Å². The average molecular weight is 300 g/mol. The van der Waals surface area contributed by atoms with Crippen LogP contribution in [0.25, 0.3) is 0 Å². The molecule has 0 heterocycles. The minimum atomic E-state index is -3.18. The fourth-order valence-corrected chi connectivity index (χ4v) is 3.11. The van der Waals surface area contributed by atoms with Crippen LogP contribution >= 0.6 is 15.9 Å². The molecule has 2 unspecified atom stereocenters. The maximum Gasteiger partial charge on any atom is 0.221 e. The highest BCUT2D eigenvalue weighted by atomic mass is 79.9. The van der Waals surface area contributed by atoms with E-state index in [0.717, 1.165) is 6.42 Å². The van der Waals surface area contributed by atoms with Crippen molar-refractivity contribution in [1.29, 1.82) is 0 Å². The van der Waals surface area contributed by atoms with Gasteiger partial charge in [-0.3, -0.25) is 0 Å². The van der Waals surface area contributed by atoms with E-state index in [1.165, 1.54) is 0 Å². The van der Waals surface area contributed by atoms with Gasteiger partial charge in [0.15, 0.2) is 0 Å². The van der Waals surface area contributed by atoms with E-state index in [1.807, 2.05) is 20.8 Å². The Hall–Kier alpha value is 0.350. The molecule has 0 amide bonds. The fourth-order valence-electron chi connectivity index (χ4n) is 1.82. The van der Waals surface area contributed by atoms with Gasteiger partial charge in [0.2, 0.25) is 10.0 Å². The van der Waals surface area contributed by atoms with Crippen LogP contribution in [0.2, 0.25) is 0 Å². The normalized spacial score (nSPS) is 29.9. The Morgan fingerprint density at radius 1 is 1.53 bits per heavy atom. The van der Waals surface area contributed by atoms with Crippen LogP contribution in [0.4, 0.5) is 0 Å². The van der Waals surface area contributed by atoms with Gasteiger partial charge < -0.3 is 4.74 Å². The standard InChI is InChI=1S/C9H18BrNO3S/c1-4-14-8-5-7(9(8,2)3)11-15(12,13)6-10/h7-8,11H,4-6H2,1-3H3. The van der Waals surface area contributed by atoms with Gasteiger partial charge >= 0.3 is 0 Å². The van der Waals surface area contributed by atoms with Gasteiger partial charge in [-0.25, -0.2) is 13.1 Å². The SMILES string of the molecule is CCOC1CC(NS(=O)(=O)CBr)C1(C)C. The zero-order valence-corrected chi connectivity index (χ0v) is 11.7. The summed E-state index contributed by atoms with van der Waals surface area (Å²) in [5.74, 6) is 0. The van der Waals surface area contributed by atoms with E-state index < -0.39 is 10.0 Å². The first-order valence-corrected chi connectivity index (χ1v) is 7.78. The molecular weight excluding hydrogens is 282 g/mol. The van der Waals surface area contributed by atoms with E-state index in [-0.39, 0.29) is 22.2 Å². The van der Waals surface area contributed by atoms with Gasteiger partial charge in [-0.2, -0.15) is 0 Å². The lowest BCUT2D eigenvalue weighted by Crippen LogP contribution is -2.62. The zero-order chi connectivity index (χ0) is 11.7. The number of halogens is 1. The summed E-state index contributed by atoms with van der Waals surface area (Å²) in [5, 5.41) is 0. The largest absolute Gasteiger partial charge is 0.378 e. The summed E-state index contributed by atoms with van der Waals surface area (Å²) in [6, 6.07) is -0.0170. The molecule has 0 aromatic heterocycles. The summed E-state index contributed by atoms with van der Waals surface area (Å²) in [5.41, 5.74) is -0.120. The lowest BCUT2D eigenvalue weighted by molar-refractivity contribution is -0.108. The maximum atomic E-state index is 11.4. The molecule has 6 heteroatoms. The monoisotopic (exact) mass is 299 g/mol. The molecule has 1 fully saturated rings. The number of alkyl halides is 1. The molecule has 90 valence electrons. The Kier molecular flexibility index (Phi) is 4.20. The Balaban J connectivity index is 2.56. The van der Waals surface area contributed by atoms with Gasteiger partial charge in [-0.05, 0) is 13.3 Å². The summed E-state index contributed by atoms with van der Waals surface area (Å²) in [6.45, 7) is 6.68. The second-order valence-corrected chi connectivity index (χ2v) is 7.45. The van der Waals surface area contributed by atoms with Crippen molar-refractivity contribution in [2.45, 2.75) is 39.3 Å². The smallest absolute Gasteiger partial charge is 0.221 e. The summed E-state index contributed by atoms with van der Waals surface area (Å²) >= 11 is 2.95.